The van der Waals surface area contributed by atoms with Crippen molar-refractivity contribution in [3.8, 4) is 22.8 Å². The number of likely N-dealkylation sites (N-methyl/N-ethyl adjacent to an activating group) is 1. The van der Waals surface area contributed by atoms with Crippen LogP contribution in [0.1, 0.15) is 31.4 Å². The summed E-state index contributed by atoms with van der Waals surface area (Å²) >= 11 is 0. The summed E-state index contributed by atoms with van der Waals surface area (Å²) < 4.78 is 5.62. The number of nitrogens with zero attached hydrogens (tertiary/aromatic N) is 7. The topological polar surface area (TPSA) is 113 Å². The van der Waals surface area contributed by atoms with Crippen molar-refractivity contribution in [2.24, 2.45) is 0 Å². The summed E-state index contributed by atoms with van der Waals surface area (Å²) in [7, 11) is 3.28. The van der Waals surface area contributed by atoms with Crippen molar-refractivity contribution in [2.45, 2.75) is 44.9 Å². The second-order valence-corrected chi connectivity index (χ2v) is 7.90. The summed E-state index contributed by atoms with van der Waals surface area (Å²) in [6, 6.07) is 4.05. The molecule has 1 amide bonds. The lowest BCUT2D eigenvalue weighted by atomic mass is 10.1. The molecule has 1 fully saturated rings. The highest BCUT2D eigenvalue weighted by atomic mass is 16.5. The monoisotopic (exact) mass is 420 g/mol. The highest BCUT2D eigenvalue weighted by molar-refractivity contribution is 6.02. The molecule has 4 heterocycles. The van der Waals surface area contributed by atoms with Crippen LogP contribution in [0.2, 0.25) is 0 Å². The van der Waals surface area contributed by atoms with Crippen molar-refractivity contribution in [3.05, 3.63) is 30.4 Å². The van der Waals surface area contributed by atoms with Crippen molar-refractivity contribution in [1.82, 2.24) is 30.1 Å². The largest absolute Gasteiger partial charge is 0.353 e. The van der Waals surface area contributed by atoms with E-state index in [1.54, 1.807) is 20.4 Å². The molecule has 1 aliphatic heterocycles. The number of nitrogens with one attached hydrogen (secondary N) is 1. The quantitative estimate of drug-likeness (QED) is 0.684. The number of fused-ring (bicyclic) bond motifs is 1. The van der Waals surface area contributed by atoms with E-state index < -0.39 is 6.23 Å². The fourth-order valence-corrected chi connectivity index (χ4v) is 4.47. The Balaban J connectivity index is 1.59. The van der Waals surface area contributed by atoms with Crippen LogP contribution < -0.4 is 9.80 Å². The zero-order valence-electron chi connectivity index (χ0n) is 17.7. The average Bonchev–Trinajstić information content (AvgIpc) is 3.50. The maximum absolute atomic E-state index is 12.9. The summed E-state index contributed by atoms with van der Waals surface area (Å²) in [6.45, 7) is 1.93. The van der Waals surface area contributed by atoms with Crippen LogP contribution in [-0.4, -0.2) is 62.5 Å². The maximum Gasteiger partial charge on any atom is 0.278 e. The van der Waals surface area contributed by atoms with Gasteiger partial charge >= 0.3 is 0 Å². The van der Waals surface area contributed by atoms with Gasteiger partial charge in [0.2, 0.25) is 6.23 Å². The molecule has 1 unspecified atom stereocenters. The van der Waals surface area contributed by atoms with Crippen LogP contribution in [0.25, 0.3) is 22.8 Å². The number of carbonyl (C=O) groups is 1. The summed E-state index contributed by atoms with van der Waals surface area (Å²) in [5.41, 5.74) is 3.09. The van der Waals surface area contributed by atoms with Gasteiger partial charge in [0.25, 0.3) is 5.91 Å². The molecule has 0 bridgehead atoms. The van der Waals surface area contributed by atoms with Gasteiger partial charge < -0.3 is 14.6 Å². The van der Waals surface area contributed by atoms with Gasteiger partial charge in [-0.25, -0.2) is 15.0 Å². The molecule has 3 aromatic heterocycles. The van der Waals surface area contributed by atoms with Crippen molar-refractivity contribution in [3.63, 3.8) is 0 Å². The Kier molecular flexibility index (Phi) is 4.85. The summed E-state index contributed by atoms with van der Waals surface area (Å²) in [6.07, 6.45) is 6.81. The molecule has 0 spiro atoms. The van der Waals surface area contributed by atoms with E-state index >= 15 is 0 Å². The van der Waals surface area contributed by atoms with E-state index in [1.165, 1.54) is 11.2 Å². The minimum absolute atomic E-state index is 0.127. The van der Waals surface area contributed by atoms with Crippen molar-refractivity contribution in [1.29, 1.82) is 0 Å². The number of anilines is 2. The van der Waals surface area contributed by atoms with Crippen LogP contribution >= 0.6 is 0 Å². The predicted molar refractivity (Wildman–Crippen MR) is 114 cm³/mol. The van der Waals surface area contributed by atoms with Crippen LogP contribution in [0.4, 0.5) is 11.6 Å². The third-order valence-corrected chi connectivity index (χ3v) is 6.05. The molecule has 1 aliphatic carbocycles. The van der Waals surface area contributed by atoms with E-state index in [0.29, 0.717) is 28.8 Å². The number of hydrogen-bond donors (Lipinski definition) is 1. The van der Waals surface area contributed by atoms with E-state index in [4.69, 9.17) is 9.72 Å². The predicted octanol–water partition coefficient (Wildman–Crippen LogP) is 2.33. The number of rotatable bonds is 4. The lowest BCUT2D eigenvalue weighted by molar-refractivity contribution is -0.129. The van der Waals surface area contributed by atoms with Crippen LogP contribution in [0.3, 0.4) is 0 Å². The Morgan fingerprint density at radius 3 is 2.61 bits per heavy atom. The molecule has 0 aromatic carbocycles. The molecule has 3 aromatic rings. The molecule has 1 N–H and O–H groups in total. The Labute approximate surface area is 179 Å². The number of methoxy groups -OCH3 is 1. The lowest BCUT2D eigenvalue weighted by Gasteiger charge is -2.42. The van der Waals surface area contributed by atoms with E-state index in [1.807, 2.05) is 24.0 Å². The minimum atomic E-state index is -0.696. The number of H-pyrrole nitrogens is 1. The van der Waals surface area contributed by atoms with Crippen LogP contribution in [0, 0.1) is 6.92 Å². The third-order valence-electron chi connectivity index (χ3n) is 6.05. The van der Waals surface area contributed by atoms with Gasteiger partial charge in [-0.15, -0.1) is 10.2 Å². The SMILES string of the molecule is COC1C(=O)N(C)c2ncc(-c3ccc(-c4nnc[nH]4)nc3C)nc2N1C1CCCC1. The molecule has 0 saturated heterocycles. The molecule has 31 heavy (non-hydrogen) atoms. The third kappa shape index (κ3) is 3.23. The van der Waals surface area contributed by atoms with Crippen LogP contribution in [0.15, 0.2) is 24.7 Å². The van der Waals surface area contributed by atoms with E-state index in [0.717, 1.165) is 36.9 Å². The Hall–Kier alpha value is -3.40. The van der Waals surface area contributed by atoms with Crippen molar-refractivity contribution in [2.75, 3.05) is 24.0 Å². The second kappa shape index (κ2) is 7.69. The molecule has 2 aliphatic rings. The summed E-state index contributed by atoms with van der Waals surface area (Å²) in [5, 5.41) is 7.83. The minimum Gasteiger partial charge on any atom is -0.353 e. The highest BCUT2D eigenvalue weighted by Crippen LogP contribution is 2.39. The Morgan fingerprint density at radius 1 is 1.13 bits per heavy atom. The van der Waals surface area contributed by atoms with Crippen LogP contribution in [-0.2, 0) is 9.53 Å². The van der Waals surface area contributed by atoms with Gasteiger partial charge in [0.1, 0.15) is 12.0 Å². The van der Waals surface area contributed by atoms with Gasteiger partial charge in [0.15, 0.2) is 17.5 Å². The van der Waals surface area contributed by atoms with Gasteiger partial charge in [-0.2, -0.15) is 0 Å². The molecule has 5 rings (SSSR count). The number of aryl methyl sites for hydroxylation is 1. The Bertz CT molecular complexity index is 1110. The number of amides is 1. The molecule has 10 nitrogen and oxygen atoms in total. The zero-order chi connectivity index (χ0) is 21.5. The fourth-order valence-electron chi connectivity index (χ4n) is 4.47. The first kappa shape index (κ1) is 19.6. The summed E-state index contributed by atoms with van der Waals surface area (Å²) in [4.78, 5) is 33.7. The van der Waals surface area contributed by atoms with Gasteiger partial charge in [-0.1, -0.05) is 12.8 Å². The fraction of sp³-hybridized carbons (Fsp3) is 0.429. The summed E-state index contributed by atoms with van der Waals surface area (Å²) in [5.74, 6) is 1.72. The van der Waals surface area contributed by atoms with Crippen molar-refractivity contribution < 1.29 is 9.53 Å². The van der Waals surface area contributed by atoms with Gasteiger partial charge in [-0.3, -0.25) is 9.69 Å². The Morgan fingerprint density at radius 2 is 1.94 bits per heavy atom. The van der Waals surface area contributed by atoms with E-state index in [9.17, 15) is 4.79 Å². The number of hydrogen-bond acceptors (Lipinski definition) is 8. The first-order chi connectivity index (χ1) is 15.1. The standard InChI is InChI=1S/C21H24N8O2/c1-12-14(8-9-15(25-12)17-23-11-24-27-17)16-10-22-18-19(26-16)29(13-6-4-5-7-13)21(31-3)20(30)28(18)2/h8-11,13,21H,4-7H2,1-3H3,(H,23,24,27). The smallest absolute Gasteiger partial charge is 0.278 e. The van der Waals surface area contributed by atoms with Crippen LogP contribution in [0.5, 0.6) is 0 Å². The maximum atomic E-state index is 12.9. The first-order valence-corrected chi connectivity index (χ1v) is 10.4. The number of carbonyl (C=O) groups excluding carboxylic acids is 1. The lowest BCUT2D eigenvalue weighted by Crippen LogP contribution is -2.57. The molecule has 1 saturated carbocycles. The van der Waals surface area contributed by atoms with Gasteiger partial charge in [0.05, 0.1) is 11.9 Å². The highest BCUT2D eigenvalue weighted by Gasteiger charge is 2.43. The molecule has 1 atom stereocenters. The second-order valence-electron chi connectivity index (χ2n) is 7.90. The zero-order valence-corrected chi connectivity index (χ0v) is 17.7. The molecule has 10 heteroatoms. The normalized spacial score (nSPS) is 19.2. The number of ether oxygens (including phenoxy) is 1. The molecular weight excluding hydrogens is 396 g/mol. The average molecular weight is 420 g/mol. The molecular formula is C21H24N8O2. The van der Waals surface area contributed by atoms with Gasteiger partial charge in [0, 0.05) is 31.5 Å². The first-order valence-electron chi connectivity index (χ1n) is 10.4. The van der Waals surface area contributed by atoms with Gasteiger partial charge in [-0.05, 0) is 31.9 Å². The number of aromatic amines is 1. The molecule has 160 valence electrons. The van der Waals surface area contributed by atoms with Crippen molar-refractivity contribution >= 4 is 17.5 Å². The molecule has 0 radical (unpaired) electrons. The number of pyridine rings is 1. The van der Waals surface area contributed by atoms with E-state index in [2.05, 4.69) is 25.1 Å². The van der Waals surface area contributed by atoms with E-state index in [-0.39, 0.29) is 11.9 Å². The number of aromatic nitrogens is 6.